The number of anilines is 2. The van der Waals surface area contributed by atoms with Crippen LogP contribution in [0.3, 0.4) is 0 Å². The van der Waals surface area contributed by atoms with Crippen molar-refractivity contribution in [3.05, 3.63) is 46.1 Å². The van der Waals surface area contributed by atoms with Gasteiger partial charge >= 0.3 is 0 Å². The third-order valence-electron chi connectivity index (χ3n) is 5.30. The van der Waals surface area contributed by atoms with Crippen molar-refractivity contribution in [2.24, 2.45) is 5.92 Å². The van der Waals surface area contributed by atoms with Crippen LogP contribution in [0.5, 0.6) is 0 Å². The molecule has 1 aliphatic heterocycles. The van der Waals surface area contributed by atoms with Crippen molar-refractivity contribution in [3.63, 3.8) is 0 Å². The largest absolute Gasteiger partial charge is 0.443 e. The maximum Gasteiger partial charge on any atom is 0.231 e. The third kappa shape index (κ3) is 3.48. The minimum atomic E-state index is -0.450. The average Bonchev–Trinajstić information content (AvgIpc) is 2.98. The van der Waals surface area contributed by atoms with Gasteiger partial charge in [0.05, 0.1) is 11.1 Å². The smallest absolute Gasteiger partial charge is 0.231 e. The molecule has 0 radical (unpaired) electrons. The molecule has 1 fully saturated rings. The molecule has 3 aromatic rings. The maximum atomic E-state index is 14.0. The van der Waals surface area contributed by atoms with Crippen molar-refractivity contribution in [1.29, 1.82) is 0 Å². The summed E-state index contributed by atoms with van der Waals surface area (Å²) in [5.74, 6) is 0.918. The van der Waals surface area contributed by atoms with Crippen molar-refractivity contribution in [3.8, 4) is 0 Å². The third-order valence-corrected chi connectivity index (χ3v) is 5.79. The summed E-state index contributed by atoms with van der Waals surface area (Å²) in [4.78, 5) is 23.4. The molecule has 1 N–H and O–H groups in total. The molecule has 4 rings (SSSR count). The van der Waals surface area contributed by atoms with Crippen LogP contribution in [-0.4, -0.2) is 29.0 Å². The van der Waals surface area contributed by atoms with Gasteiger partial charge in [0.25, 0.3) is 0 Å². The number of nitrogens with one attached hydrogen (secondary N) is 1. The highest BCUT2D eigenvalue weighted by atomic mass is 79.9. The first-order valence-corrected chi connectivity index (χ1v) is 9.95. The number of rotatable bonds is 3. The minimum absolute atomic E-state index is 0.149. The van der Waals surface area contributed by atoms with Gasteiger partial charge in [-0.25, -0.2) is 14.4 Å². The number of carbonyl (C=O) groups excluding carboxylic acids is 1. The Kier molecular flexibility index (Phi) is 5.05. The molecule has 8 heteroatoms. The van der Waals surface area contributed by atoms with Gasteiger partial charge in [0.1, 0.15) is 23.7 Å². The first-order chi connectivity index (χ1) is 13.4. The zero-order valence-electron chi connectivity index (χ0n) is 15.6. The van der Waals surface area contributed by atoms with E-state index in [1.807, 2.05) is 13.8 Å². The van der Waals surface area contributed by atoms with Gasteiger partial charge in [0.2, 0.25) is 11.6 Å². The second-order valence-electron chi connectivity index (χ2n) is 7.04. The van der Waals surface area contributed by atoms with Crippen LogP contribution in [0, 0.1) is 25.6 Å². The van der Waals surface area contributed by atoms with E-state index in [1.54, 1.807) is 12.1 Å². The van der Waals surface area contributed by atoms with Crippen molar-refractivity contribution >= 4 is 44.4 Å². The zero-order valence-corrected chi connectivity index (χ0v) is 17.2. The van der Waals surface area contributed by atoms with Gasteiger partial charge in [-0.3, -0.25) is 4.79 Å². The van der Waals surface area contributed by atoms with Gasteiger partial charge in [-0.1, -0.05) is 15.9 Å². The molecule has 3 heterocycles. The highest BCUT2D eigenvalue weighted by molar-refractivity contribution is 9.10. The molecule has 1 amide bonds. The van der Waals surface area contributed by atoms with Gasteiger partial charge in [-0.05, 0) is 44.9 Å². The van der Waals surface area contributed by atoms with Crippen LogP contribution in [0.25, 0.3) is 11.1 Å². The number of hydrogen-bond donors (Lipinski definition) is 1. The number of aromatic nitrogens is 2. The van der Waals surface area contributed by atoms with Crippen molar-refractivity contribution < 1.29 is 13.6 Å². The lowest BCUT2D eigenvalue weighted by molar-refractivity contribution is -0.120. The monoisotopic (exact) mass is 446 g/mol. The second-order valence-corrected chi connectivity index (χ2v) is 7.95. The van der Waals surface area contributed by atoms with Gasteiger partial charge < -0.3 is 14.6 Å². The van der Waals surface area contributed by atoms with E-state index in [0.29, 0.717) is 36.1 Å². The summed E-state index contributed by atoms with van der Waals surface area (Å²) in [6.07, 6.45) is 2.85. The molecule has 146 valence electrons. The molecule has 1 aromatic carbocycles. The molecule has 2 aromatic heterocycles. The Bertz CT molecular complexity index is 1040. The molecule has 1 saturated heterocycles. The number of hydrogen-bond acceptors (Lipinski definition) is 5. The van der Waals surface area contributed by atoms with Gasteiger partial charge in [0.15, 0.2) is 0 Å². The minimum Gasteiger partial charge on any atom is -0.443 e. The molecule has 0 saturated carbocycles. The Balaban J connectivity index is 1.46. The molecule has 0 unspecified atom stereocenters. The fourth-order valence-corrected chi connectivity index (χ4v) is 3.92. The van der Waals surface area contributed by atoms with E-state index >= 15 is 0 Å². The highest BCUT2D eigenvalue weighted by Crippen LogP contribution is 2.33. The summed E-state index contributed by atoms with van der Waals surface area (Å²) in [7, 11) is 0. The van der Waals surface area contributed by atoms with Crippen LogP contribution in [0.4, 0.5) is 15.9 Å². The first-order valence-electron chi connectivity index (χ1n) is 9.15. The number of halogens is 2. The predicted molar refractivity (Wildman–Crippen MR) is 109 cm³/mol. The lowest BCUT2D eigenvalue weighted by atomic mass is 9.95. The molecular formula is C20H20BrFN4O2. The lowest BCUT2D eigenvalue weighted by Gasteiger charge is -2.32. The highest BCUT2D eigenvalue weighted by Gasteiger charge is 2.28. The summed E-state index contributed by atoms with van der Waals surface area (Å²) in [5, 5.41) is 3.64. The van der Waals surface area contributed by atoms with E-state index in [2.05, 4.69) is 36.1 Å². The van der Waals surface area contributed by atoms with Crippen LogP contribution in [0.15, 0.2) is 33.4 Å². The van der Waals surface area contributed by atoms with E-state index in [0.717, 1.165) is 22.5 Å². The predicted octanol–water partition coefficient (Wildman–Crippen LogP) is 4.60. The van der Waals surface area contributed by atoms with Crippen molar-refractivity contribution in [2.45, 2.75) is 26.7 Å². The molecule has 1 aliphatic rings. The molecule has 0 spiro atoms. The normalized spacial score (nSPS) is 15.2. The topological polar surface area (TPSA) is 71.3 Å². The zero-order chi connectivity index (χ0) is 19.8. The molecule has 0 bridgehead atoms. The SMILES string of the molecule is Cc1oc2ncnc(N3CCC(C(=O)Nc4ccc(Br)cc4F)CC3)c2c1C. The fourth-order valence-electron chi connectivity index (χ4n) is 3.58. The number of piperidine rings is 1. The number of aryl methyl sites for hydroxylation is 2. The van der Waals surface area contributed by atoms with E-state index in [-0.39, 0.29) is 17.5 Å². The van der Waals surface area contributed by atoms with Crippen LogP contribution in [0.2, 0.25) is 0 Å². The molecule has 28 heavy (non-hydrogen) atoms. The standard InChI is InChI=1S/C20H20BrFN4O2/c1-11-12(2)28-20-17(11)18(23-10-24-20)26-7-5-13(6-8-26)19(27)25-16-4-3-14(21)9-15(16)22/h3-4,9-10,13H,5-8H2,1-2H3,(H,25,27). The van der Waals surface area contributed by atoms with Crippen LogP contribution < -0.4 is 10.2 Å². The summed E-state index contributed by atoms with van der Waals surface area (Å²) >= 11 is 3.22. The van der Waals surface area contributed by atoms with Crippen LogP contribution in [-0.2, 0) is 4.79 Å². The molecule has 0 atom stereocenters. The van der Waals surface area contributed by atoms with Crippen LogP contribution in [0.1, 0.15) is 24.2 Å². The van der Waals surface area contributed by atoms with Gasteiger partial charge in [-0.15, -0.1) is 0 Å². The first kappa shape index (κ1) is 18.9. The van der Waals surface area contributed by atoms with E-state index in [4.69, 9.17) is 4.42 Å². The number of fused-ring (bicyclic) bond motifs is 1. The van der Waals surface area contributed by atoms with E-state index in [9.17, 15) is 9.18 Å². The summed E-state index contributed by atoms with van der Waals surface area (Å²) in [6, 6.07) is 4.61. The quantitative estimate of drug-likeness (QED) is 0.636. The Morgan fingerprint density at radius 2 is 2.04 bits per heavy atom. The number of nitrogens with zero attached hydrogens (tertiary/aromatic N) is 3. The Morgan fingerprint density at radius 3 is 2.75 bits per heavy atom. The van der Waals surface area contributed by atoms with Crippen LogP contribution >= 0.6 is 15.9 Å². The molecule has 6 nitrogen and oxygen atoms in total. The molecular weight excluding hydrogens is 427 g/mol. The fraction of sp³-hybridized carbons (Fsp3) is 0.350. The summed E-state index contributed by atoms with van der Waals surface area (Å²) < 4.78 is 20.3. The van der Waals surface area contributed by atoms with Crippen molar-refractivity contribution in [2.75, 3.05) is 23.3 Å². The summed E-state index contributed by atoms with van der Waals surface area (Å²) in [6.45, 7) is 5.30. The molecule has 0 aliphatic carbocycles. The summed E-state index contributed by atoms with van der Waals surface area (Å²) in [5.41, 5.74) is 1.83. The number of carbonyl (C=O) groups is 1. The average molecular weight is 447 g/mol. The van der Waals surface area contributed by atoms with E-state index in [1.165, 1.54) is 12.4 Å². The number of amides is 1. The Labute approximate surface area is 170 Å². The second kappa shape index (κ2) is 7.50. The van der Waals surface area contributed by atoms with E-state index < -0.39 is 5.82 Å². The number of furan rings is 1. The van der Waals surface area contributed by atoms with Gasteiger partial charge in [-0.2, -0.15) is 0 Å². The lowest BCUT2D eigenvalue weighted by Crippen LogP contribution is -2.38. The Morgan fingerprint density at radius 1 is 1.29 bits per heavy atom. The Hall–Kier alpha value is -2.48. The van der Waals surface area contributed by atoms with Gasteiger partial charge in [0, 0.05) is 29.0 Å². The maximum absolute atomic E-state index is 14.0. The number of benzene rings is 1. The van der Waals surface area contributed by atoms with Crippen molar-refractivity contribution in [1.82, 2.24) is 9.97 Å².